The number of hydrogen-bond acceptors (Lipinski definition) is 5. The van der Waals surface area contributed by atoms with E-state index >= 15 is 0 Å². The van der Waals surface area contributed by atoms with Gasteiger partial charge in [-0.25, -0.2) is 9.78 Å². The van der Waals surface area contributed by atoms with E-state index in [2.05, 4.69) is 18.8 Å². The number of carbonyl (C=O) groups excluding carboxylic acids is 2. The molecule has 2 amide bonds. The molecule has 0 aliphatic carbocycles. The van der Waals surface area contributed by atoms with Crippen molar-refractivity contribution in [3.05, 3.63) is 16.1 Å². The minimum Gasteiger partial charge on any atom is -0.441 e. The smallest absolute Gasteiger partial charge is 0.410 e. The maximum atomic E-state index is 12.5. The van der Waals surface area contributed by atoms with Gasteiger partial charge in [0.05, 0.1) is 11.6 Å². The molecule has 0 saturated carbocycles. The minimum absolute atomic E-state index is 0.0163. The third-order valence-electron chi connectivity index (χ3n) is 5.47. The molecule has 1 aromatic rings. The van der Waals surface area contributed by atoms with Gasteiger partial charge >= 0.3 is 6.09 Å². The third-order valence-corrected chi connectivity index (χ3v) is 6.25. The largest absolute Gasteiger partial charge is 0.441 e. The van der Waals surface area contributed by atoms with Gasteiger partial charge in [-0.1, -0.05) is 26.7 Å². The van der Waals surface area contributed by atoms with Crippen LogP contribution in [0, 0.1) is 12.8 Å². The lowest BCUT2D eigenvalue weighted by Gasteiger charge is -2.37. The Morgan fingerprint density at radius 2 is 2.04 bits per heavy atom. The predicted octanol–water partition coefficient (Wildman–Crippen LogP) is 3.31. The van der Waals surface area contributed by atoms with E-state index in [-0.39, 0.29) is 12.0 Å². The number of rotatable bonds is 5. The molecule has 2 saturated heterocycles. The summed E-state index contributed by atoms with van der Waals surface area (Å²) in [5.41, 5.74) is 0.106. The lowest BCUT2D eigenvalue weighted by atomic mass is 9.91. The molecular formula is C18H27N3O3S. The highest BCUT2D eigenvalue weighted by Crippen LogP contribution is 2.34. The third kappa shape index (κ3) is 3.81. The molecule has 6 nitrogen and oxygen atoms in total. The summed E-state index contributed by atoms with van der Waals surface area (Å²) in [5.74, 6) is 0.509. The zero-order valence-electron chi connectivity index (χ0n) is 15.3. The Morgan fingerprint density at radius 1 is 1.36 bits per heavy atom. The van der Waals surface area contributed by atoms with Crippen LogP contribution in [0.25, 0.3) is 0 Å². The van der Waals surface area contributed by atoms with Crippen molar-refractivity contribution in [1.29, 1.82) is 0 Å². The quantitative estimate of drug-likeness (QED) is 0.803. The summed E-state index contributed by atoms with van der Waals surface area (Å²) >= 11 is 1.49. The number of aromatic nitrogens is 1. The Morgan fingerprint density at radius 3 is 2.60 bits per heavy atom. The van der Waals surface area contributed by atoms with Crippen molar-refractivity contribution < 1.29 is 14.3 Å². The van der Waals surface area contributed by atoms with Crippen LogP contribution in [-0.4, -0.2) is 58.6 Å². The van der Waals surface area contributed by atoms with Gasteiger partial charge in [-0.15, -0.1) is 11.3 Å². The van der Waals surface area contributed by atoms with Gasteiger partial charge in [0.15, 0.2) is 0 Å². The molecule has 3 heterocycles. The average Bonchev–Trinajstić information content (AvgIpc) is 3.16. The fraction of sp³-hybridized carbons (Fsp3) is 0.722. The number of aryl methyl sites for hydroxylation is 1. The Kier molecular flexibility index (Phi) is 5.32. The highest BCUT2D eigenvalue weighted by atomic mass is 32.1. The van der Waals surface area contributed by atoms with E-state index in [4.69, 9.17) is 4.74 Å². The van der Waals surface area contributed by atoms with E-state index in [9.17, 15) is 9.59 Å². The number of piperidine rings is 1. The van der Waals surface area contributed by atoms with E-state index in [1.54, 1.807) is 0 Å². The number of hydrogen-bond donors (Lipinski definition) is 0. The van der Waals surface area contributed by atoms with Gasteiger partial charge in [-0.05, 0) is 12.8 Å². The van der Waals surface area contributed by atoms with Gasteiger partial charge in [-0.2, -0.15) is 0 Å². The molecule has 2 aliphatic rings. The van der Waals surface area contributed by atoms with Gasteiger partial charge in [0, 0.05) is 37.9 Å². The van der Waals surface area contributed by atoms with Crippen molar-refractivity contribution >= 4 is 23.3 Å². The van der Waals surface area contributed by atoms with Crippen LogP contribution in [-0.2, 0) is 4.74 Å². The zero-order chi connectivity index (χ0) is 18.0. The maximum absolute atomic E-state index is 12.5. The second kappa shape index (κ2) is 7.32. The van der Waals surface area contributed by atoms with Crippen LogP contribution < -0.4 is 0 Å². The predicted molar refractivity (Wildman–Crippen MR) is 96.8 cm³/mol. The maximum Gasteiger partial charge on any atom is 0.410 e. The molecule has 0 radical (unpaired) electrons. The number of amides is 2. The molecule has 1 spiro atoms. The summed E-state index contributed by atoms with van der Waals surface area (Å²) in [6, 6.07) is 0. The molecule has 2 fully saturated rings. The molecular weight excluding hydrogens is 338 g/mol. The normalized spacial score (nSPS) is 19.8. The lowest BCUT2D eigenvalue weighted by Crippen LogP contribution is -2.49. The van der Waals surface area contributed by atoms with Gasteiger partial charge in [0.25, 0.3) is 5.91 Å². The van der Waals surface area contributed by atoms with E-state index < -0.39 is 5.60 Å². The van der Waals surface area contributed by atoms with Crippen LogP contribution >= 0.6 is 11.3 Å². The van der Waals surface area contributed by atoms with Crippen LogP contribution in [0.4, 0.5) is 4.79 Å². The molecule has 25 heavy (non-hydrogen) atoms. The van der Waals surface area contributed by atoms with Crippen LogP contribution in [0.2, 0.25) is 0 Å². The van der Waals surface area contributed by atoms with E-state index in [0.29, 0.717) is 44.1 Å². The highest BCUT2D eigenvalue weighted by Gasteiger charge is 2.47. The minimum atomic E-state index is -0.419. The average molecular weight is 365 g/mol. The molecule has 138 valence electrons. The van der Waals surface area contributed by atoms with E-state index in [0.717, 1.165) is 24.4 Å². The Hall–Kier alpha value is -1.63. The standard InChI is InChI=1S/C18H27N3O3S/c1-4-14(5-2)10-21-12-18(24-17(21)23)6-8-20(9-7-18)16(22)15-11-25-13(3)19-15/h11,14H,4-10,12H2,1-3H3. The number of thiazole rings is 1. The summed E-state index contributed by atoms with van der Waals surface area (Å²) in [5, 5.41) is 2.72. The summed E-state index contributed by atoms with van der Waals surface area (Å²) in [6.45, 7) is 8.88. The van der Waals surface area contributed by atoms with Crippen molar-refractivity contribution in [3.8, 4) is 0 Å². The fourth-order valence-corrected chi connectivity index (χ4v) is 4.28. The van der Waals surface area contributed by atoms with Crippen molar-refractivity contribution in [1.82, 2.24) is 14.8 Å². The first-order valence-electron chi connectivity index (χ1n) is 9.15. The Balaban J connectivity index is 1.58. The molecule has 0 unspecified atom stereocenters. The van der Waals surface area contributed by atoms with Gasteiger partial charge in [0.2, 0.25) is 0 Å². The molecule has 0 atom stereocenters. The zero-order valence-corrected chi connectivity index (χ0v) is 16.1. The molecule has 1 aromatic heterocycles. The van der Waals surface area contributed by atoms with Crippen molar-refractivity contribution in [2.45, 2.75) is 52.1 Å². The second-order valence-electron chi connectivity index (χ2n) is 7.16. The van der Waals surface area contributed by atoms with Gasteiger partial charge in [0.1, 0.15) is 11.3 Å². The van der Waals surface area contributed by atoms with Crippen molar-refractivity contribution in [2.24, 2.45) is 5.92 Å². The van der Waals surface area contributed by atoms with E-state index in [1.165, 1.54) is 11.3 Å². The number of likely N-dealkylation sites (tertiary alicyclic amines) is 1. The SMILES string of the molecule is CCC(CC)CN1CC2(CCN(C(=O)c3csc(C)n3)CC2)OC1=O. The van der Waals surface area contributed by atoms with Crippen LogP contribution in [0.15, 0.2) is 5.38 Å². The second-order valence-corrected chi connectivity index (χ2v) is 8.22. The van der Waals surface area contributed by atoms with E-state index in [1.807, 2.05) is 22.1 Å². The first kappa shape index (κ1) is 18.2. The number of nitrogens with zero attached hydrogens (tertiary/aromatic N) is 3. The van der Waals surface area contributed by atoms with Crippen LogP contribution in [0.3, 0.4) is 0 Å². The molecule has 0 N–H and O–H groups in total. The highest BCUT2D eigenvalue weighted by molar-refractivity contribution is 7.09. The van der Waals surface area contributed by atoms with Gasteiger partial charge < -0.3 is 14.5 Å². The van der Waals surface area contributed by atoms with Crippen molar-refractivity contribution in [3.63, 3.8) is 0 Å². The summed E-state index contributed by atoms with van der Waals surface area (Å²) in [4.78, 5) is 32.8. The van der Waals surface area contributed by atoms with Crippen molar-refractivity contribution in [2.75, 3.05) is 26.2 Å². The summed E-state index contributed by atoms with van der Waals surface area (Å²) in [6.07, 6.45) is 3.35. The summed E-state index contributed by atoms with van der Waals surface area (Å²) < 4.78 is 5.77. The van der Waals surface area contributed by atoms with Crippen LogP contribution in [0.1, 0.15) is 55.0 Å². The number of carbonyl (C=O) groups is 2. The molecule has 0 bridgehead atoms. The molecule has 7 heteroatoms. The molecule has 0 aromatic carbocycles. The Bertz CT molecular complexity index is 633. The summed E-state index contributed by atoms with van der Waals surface area (Å²) in [7, 11) is 0. The Labute approximate surface area is 153 Å². The first-order valence-corrected chi connectivity index (χ1v) is 10.0. The molecule has 2 aliphatic heterocycles. The lowest BCUT2D eigenvalue weighted by molar-refractivity contribution is 0.00296. The van der Waals surface area contributed by atoms with Gasteiger partial charge in [-0.3, -0.25) is 4.79 Å². The van der Waals surface area contributed by atoms with Crippen LogP contribution in [0.5, 0.6) is 0 Å². The number of ether oxygens (including phenoxy) is 1. The monoisotopic (exact) mass is 365 g/mol. The first-order chi connectivity index (χ1) is 12.0. The fourth-order valence-electron chi connectivity index (χ4n) is 3.69. The topological polar surface area (TPSA) is 62.7 Å². The molecule has 3 rings (SSSR count).